The monoisotopic (exact) mass is 274 g/mol. The van der Waals surface area contributed by atoms with Gasteiger partial charge in [-0.25, -0.2) is 0 Å². The summed E-state index contributed by atoms with van der Waals surface area (Å²) in [6.07, 6.45) is 0.989. The predicted octanol–water partition coefficient (Wildman–Crippen LogP) is 2.17. The van der Waals surface area contributed by atoms with Gasteiger partial charge in [0.15, 0.2) is 0 Å². The van der Waals surface area contributed by atoms with E-state index in [4.69, 9.17) is 15.6 Å². The van der Waals surface area contributed by atoms with E-state index in [0.29, 0.717) is 17.4 Å². The minimum Gasteiger partial charge on any atom is -0.439 e. The highest BCUT2D eigenvalue weighted by Gasteiger charge is 2.04. The summed E-state index contributed by atoms with van der Waals surface area (Å²) >= 11 is 0. The third kappa shape index (κ3) is 3.83. The summed E-state index contributed by atoms with van der Waals surface area (Å²) in [7, 11) is 0. The minimum absolute atomic E-state index is 0.00577. The molecule has 0 radical (unpaired) electrons. The largest absolute Gasteiger partial charge is 0.439 e. The Hall–Kier alpha value is -2.34. The molecule has 0 spiro atoms. The maximum absolute atomic E-state index is 8.99. The molecule has 0 aliphatic carbocycles. The van der Waals surface area contributed by atoms with E-state index in [1.54, 1.807) is 30.3 Å². The molecule has 20 heavy (non-hydrogen) atoms. The van der Waals surface area contributed by atoms with E-state index in [2.05, 4.69) is 22.2 Å². The van der Waals surface area contributed by atoms with Gasteiger partial charge in [-0.3, -0.25) is 0 Å². The Kier molecular flexibility index (Phi) is 4.73. The number of nitrogens with one attached hydrogen (secondary N) is 1. The molecule has 0 saturated heterocycles. The molecule has 0 saturated carbocycles. The van der Waals surface area contributed by atoms with Crippen LogP contribution in [0.3, 0.4) is 0 Å². The van der Waals surface area contributed by atoms with Crippen molar-refractivity contribution in [2.45, 2.75) is 20.0 Å². The quantitative estimate of drug-likeness (QED) is 0.747. The number of nitrogen functional groups attached to an aromatic ring is 1. The van der Waals surface area contributed by atoms with Crippen LogP contribution >= 0.6 is 0 Å². The summed E-state index contributed by atoms with van der Waals surface area (Å²) in [5.41, 5.74) is 6.48. The molecule has 0 atom stereocenters. The zero-order valence-corrected chi connectivity index (χ0v) is 11.3. The van der Waals surface area contributed by atoms with Gasteiger partial charge in [0.25, 0.3) is 0 Å². The summed E-state index contributed by atoms with van der Waals surface area (Å²) in [5, 5.41) is 12.1. The molecule has 1 aromatic heterocycles. The summed E-state index contributed by atoms with van der Waals surface area (Å²) in [5.74, 6) is 1.81. The Labute approximate surface area is 117 Å². The number of aliphatic hydroxyl groups excluding tert-OH is 1. The first-order valence-electron chi connectivity index (χ1n) is 6.47. The van der Waals surface area contributed by atoms with E-state index in [0.717, 1.165) is 18.5 Å². The van der Waals surface area contributed by atoms with Gasteiger partial charge in [0.2, 0.25) is 11.8 Å². The number of nitrogens with zero attached hydrogens (tertiary/aromatic N) is 2. The minimum atomic E-state index is 0.00577. The summed E-state index contributed by atoms with van der Waals surface area (Å²) in [4.78, 5) is 8.12. The number of hydrogen-bond donors (Lipinski definition) is 3. The van der Waals surface area contributed by atoms with Crippen LogP contribution < -0.4 is 15.8 Å². The van der Waals surface area contributed by atoms with Crippen molar-refractivity contribution in [2.75, 3.05) is 17.6 Å². The zero-order valence-electron chi connectivity index (χ0n) is 11.3. The Morgan fingerprint density at radius 2 is 2.00 bits per heavy atom. The number of nitrogens with two attached hydrogens (primary N) is 1. The maximum Gasteiger partial charge on any atom is 0.226 e. The van der Waals surface area contributed by atoms with Crippen LogP contribution in [-0.2, 0) is 6.61 Å². The van der Waals surface area contributed by atoms with Gasteiger partial charge in [-0.05, 0) is 24.1 Å². The number of hydrogen-bond acceptors (Lipinski definition) is 6. The fraction of sp³-hybridized carbons (Fsp3) is 0.286. The smallest absolute Gasteiger partial charge is 0.226 e. The normalized spacial score (nSPS) is 10.3. The Bertz CT molecular complexity index is 558. The highest BCUT2D eigenvalue weighted by atomic mass is 16.5. The number of ether oxygens (including phenoxy) is 1. The van der Waals surface area contributed by atoms with Crippen molar-refractivity contribution in [3.8, 4) is 11.6 Å². The molecule has 0 amide bonds. The molecule has 0 fully saturated rings. The summed E-state index contributed by atoms with van der Waals surface area (Å²) in [6, 6.07) is 8.81. The fourth-order valence-corrected chi connectivity index (χ4v) is 1.62. The number of aromatic nitrogens is 2. The number of anilines is 2. The molecule has 0 unspecified atom stereocenters. The van der Waals surface area contributed by atoms with Crippen LogP contribution in [0.15, 0.2) is 30.3 Å². The van der Waals surface area contributed by atoms with Crippen molar-refractivity contribution in [3.05, 3.63) is 35.9 Å². The second kappa shape index (κ2) is 6.72. The van der Waals surface area contributed by atoms with Gasteiger partial charge in [-0.15, -0.1) is 0 Å². The molecule has 4 N–H and O–H groups in total. The highest BCUT2D eigenvalue weighted by Crippen LogP contribution is 2.22. The van der Waals surface area contributed by atoms with Crippen molar-refractivity contribution in [2.24, 2.45) is 0 Å². The molecule has 1 heterocycles. The maximum atomic E-state index is 8.99. The van der Waals surface area contributed by atoms with Gasteiger partial charge >= 0.3 is 0 Å². The average Bonchev–Trinajstić information content (AvgIpc) is 2.45. The number of aliphatic hydroxyl groups is 1. The van der Waals surface area contributed by atoms with E-state index in [1.165, 1.54) is 0 Å². The molecule has 6 nitrogen and oxygen atoms in total. The summed E-state index contributed by atoms with van der Waals surface area (Å²) < 4.78 is 5.63. The lowest BCUT2D eigenvalue weighted by atomic mass is 10.2. The third-order valence-electron chi connectivity index (χ3n) is 2.60. The van der Waals surface area contributed by atoms with E-state index >= 15 is 0 Å². The third-order valence-corrected chi connectivity index (χ3v) is 2.60. The van der Waals surface area contributed by atoms with Gasteiger partial charge in [0.1, 0.15) is 11.6 Å². The fourth-order valence-electron chi connectivity index (χ4n) is 1.62. The van der Waals surface area contributed by atoms with Crippen LogP contribution in [0.25, 0.3) is 0 Å². The lowest BCUT2D eigenvalue weighted by Crippen LogP contribution is -2.05. The van der Waals surface area contributed by atoms with Gasteiger partial charge in [-0.1, -0.05) is 19.1 Å². The van der Waals surface area contributed by atoms with Crippen LogP contribution in [0.1, 0.15) is 18.9 Å². The van der Waals surface area contributed by atoms with Crippen molar-refractivity contribution in [1.82, 2.24) is 9.97 Å². The Balaban J connectivity index is 2.12. The lowest BCUT2D eigenvalue weighted by Gasteiger charge is -2.09. The van der Waals surface area contributed by atoms with Crippen LogP contribution in [0, 0.1) is 0 Å². The SMILES string of the molecule is CCCNc1cc(Oc2ccc(CO)cc2)nc(N)n1. The Morgan fingerprint density at radius 1 is 1.25 bits per heavy atom. The summed E-state index contributed by atoms with van der Waals surface area (Å²) in [6.45, 7) is 2.88. The molecule has 0 bridgehead atoms. The van der Waals surface area contributed by atoms with E-state index in [1.807, 2.05) is 0 Å². The van der Waals surface area contributed by atoms with Crippen LogP contribution in [0.4, 0.5) is 11.8 Å². The molecule has 2 rings (SSSR count). The number of rotatable bonds is 6. The second-order valence-corrected chi connectivity index (χ2v) is 4.28. The van der Waals surface area contributed by atoms with Crippen LogP contribution in [0.2, 0.25) is 0 Å². The molecular weight excluding hydrogens is 256 g/mol. The number of benzene rings is 1. The topological polar surface area (TPSA) is 93.3 Å². The van der Waals surface area contributed by atoms with E-state index in [-0.39, 0.29) is 12.6 Å². The average molecular weight is 274 g/mol. The van der Waals surface area contributed by atoms with Gasteiger partial charge in [0.05, 0.1) is 6.61 Å². The van der Waals surface area contributed by atoms with Crippen molar-refractivity contribution in [1.29, 1.82) is 0 Å². The first kappa shape index (κ1) is 14.1. The standard InChI is InChI=1S/C14H18N4O2/c1-2-7-16-12-8-13(18-14(15)17-12)20-11-5-3-10(9-19)4-6-11/h3-6,8,19H,2,7,9H2,1H3,(H3,15,16,17,18). The molecule has 6 heteroatoms. The lowest BCUT2D eigenvalue weighted by molar-refractivity contribution is 0.281. The molecule has 106 valence electrons. The van der Waals surface area contributed by atoms with Crippen molar-refractivity contribution < 1.29 is 9.84 Å². The van der Waals surface area contributed by atoms with E-state index < -0.39 is 0 Å². The first-order valence-corrected chi connectivity index (χ1v) is 6.47. The Morgan fingerprint density at radius 3 is 2.65 bits per heavy atom. The van der Waals surface area contributed by atoms with Gasteiger partial charge < -0.3 is 20.9 Å². The molecule has 1 aromatic carbocycles. The second-order valence-electron chi connectivity index (χ2n) is 4.28. The molecular formula is C14H18N4O2. The van der Waals surface area contributed by atoms with Crippen LogP contribution in [0.5, 0.6) is 11.6 Å². The molecule has 2 aromatic rings. The van der Waals surface area contributed by atoms with Gasteiger partial charge in [-0.2, -0.15) is 9.97 Å². The van der Waals surface area contributed by atoms with Gasteiger partial charge in [0, 0.05) is 12.6 Å². The van der Waals surface area contributed by atoms with Crippen molar-refractivity contribution in [3.63, 3.8) is 0 Å². The predicted molar refractivity (Wildman–Crippen MR) is 77.7 cm³/mol. The van der Waals surface area contributed by atoms with E-state index in [9.17, 15) is 0 Å². The zero-order chi connectivity index (χ0) is 14.4. The first-order chi connectivity index (χ1) is 9.71. The van der Waals surface area contributed by atoms with Crippen molar-refractivity contribution >= 4 is 11.8 Å². The molecule has 0 aliphatic rings. The highest BCUT2D eigenvalue weighted by molar-refractivity contribution is 5.44. The van der Waals surface area contributed by atoms with Crippen LogP contribution in [-0.4, -0.2) is 21.6 Å². The molecule has 0 aliphatic heterocycles.